The summed E-state index contributed by atoms with van der Waals surface area (Å²) in [7, 11) is -2.28. The molecule has 2 aromatic carbocycles. The van der Waals surface area contributed by atoms with E-state index in [1.807, 2.05) is 0 Å². The first-order valence-corrected chi connectivity index (χ1v) is 11.0. The molecule has 1 aliphatic rings. The van der Waals surface area contributed by atoms with Crippen molar-refractivity contribution in [2.24, 2.45) is 5.92 Å². The summed E-state index contributed by atoms with van der Waals surface area (Å²) in [5.74, 6) is -0.786. The summed E-state index contributed by atoms with van der Waals surface area (Å²) in [6, 6.07) is 8.23. The summed E-state index contributed by atoms with van der Waals surface area (Å²) >= 11 is 11.8. The Hall–Kier alpha value is -1.87. The smallest absolute Gasteiger partial charge is 0.243 e. The van der Waals surface area contributed by atoms with E-state index >= 15 is 0 Å². The zero-order valence-corrected chi connectivity index (χ0v) is 17.8. The fraction of sp³-hybridized carbons (Fsp3) is 0.316. The molecule has 1 saturated heterocycles. The molecule has 0 spiro atoms. The highest BCUT2D eigenvalue weighted by Crippen LogP contribution is 2.30. The summed E-state index contributed by atoms with van der Waals surface area (Å²) in [6.45, 7) is 0.405. The normalized spacial score (nSPS) is 15.9. The highest BCUT2D eigenvalue weighted by molar-refractivity contribution is 7.89. The number of methoxy groups -OCH3 is 1. The van der Waals surface area contributed by atoms with E-state index in [2.05, 4.69) is 5.32 Å². The number of nitrogens with one attached hydrogen (secondary N) is 1. The van der Waals surface area contributed by atoms with E-state index in [9.17, 15) is 17.6 Å². The van der Waals surface area contributed by atoms with Crippen molar-refractivity contribution in [2.75, 3.05) is 25.5 Å². The number of rotatable bonds is 5. The van der Waals surface area contributed by atoms with Crippen LogP contribution in [0.3, 0.4) is 0 Å². The van der Waals surface area contributed by atoms with E-state index < -0.39 is 15.8 Å². The molecule has 2 aromatic rings. The van der Waals surface area contributed by atoms with E-state index in [4.69, 9.17) is 27.9 Å². The largest absolute Gasteiger partial charge is 0.495 e. The quantitative estimate of drug-likeness (QED) is 0.725. The van der Waals surface area contributed by atoms with Crippen LogP contribution >= 0.6 is 23.2 Å². The summed E-state index contributed by atoms with van der Waals surface area (Å²) in [5.41, 5.74) is 0.393. The van der Waals surface area contributed by atoms with Gasteiger partial charge in [-0.15, -0.1) is 0 Å². The van der Waals surface area contributed by atoms with E-state index in [1.54, 1.807) is 0 Å². The van der Waals surface area contributed by atoms with Gasteiger partial charge in [-0.1, -0.05) is 23.2 Å². The molecule has 0 aromatic heterocycles. The van der Waals surface area contributed by atoms with Crippen molar-refractivity contribution in [3.8, 4) is 5.75 Å². The lowest BCUT2D eigenvalue weighted by Gasteiger charge is -2.30. The lowest BCUT2D eigenvalue weighted by atomic mass is 9.97. The van der Waals surface area contributed by atoms with Crippen LogP contribution in [0.5, 0.6) is 5.75 Å². The first-order chi connectivity index (χ1) is 13.7. The van der Waals surface area contributed by atoms with Gasteiger partial charge in [-0.25, -0.2) is 12.8 Å². The number of amides is 1. The number of hydrogen-bond acceptors (Lipinski definition) is 4. The maximum absolute atomic E-state index is 13.2. The topological polar surface area (TPSA) is 75.7 Å². The Labute approximate surface area is 178 Å². The Bertz CT molecular complexity index is 1020. The van der Waals surface area contributed by atoms with Gasteiger partial charge in [0, 0.05) is 24.7 Å². The van der Waals surface area contributed by atoms with Crippen LogP contribution < -0.4 is 10.1 Å². The maximum atomic E-state index is 13.2. The molecule has 0 unspecified atom stereocenters. The Balaban J connectivity index is 1.64. The van der Waals surface area contributed by atoms with Crippen molar-refractivity contribution < 1.29 is 22.3 Å². The number of benzene rings is 2. The van der Waals surface area contributed by atoms with Crippen LogP contribution in [-0.4, -0.2) is 38.8 Å². The number of carbonyl (C=O) groups is 1. The minimum atomic E-state index is -3.73. The van der Waals surface area contributed by atoms with Crippen LogP contribution in [0.4, 0.5) is 10.1 Å². The molecule has 0 aliphatic carbocycles. The number of carbonyl (C=O) groups excluding carboxylic acids is 1. The third kappa shape index (κ3) is 4.83. The van der Waals surface area contributed by atoms with Crippen molar-refractivity contribution in [1.82, 2.24) is 4.31 Å². The van der Waals surface area contributed by atoms with Gasteiger partial charge in [0.2, 0.25) is 15.9 Å². The zero-order chi connectivity index (χ0) is 21.2. The molecule has 1 aliphatic heterocycles. The van der Waals surface area contributed by atoms with Crippen LogP contribution in [0.15, 0.2) is 41.3 Å². The van der Waals surface area contributed by atoms with Crippen LogP contribution in [0.25, 0.3) is 0 Å². The summed E-state index contributed by atoms with van der Waals surface area (Å²) < 4.78 is 45.3. The number of nitrogens with zero attached hydrogens (tertiary/aromatic N) is 1. The van der Waals surface area contributed by atoms with Gasteiger partial charge < -0.3 is 10.1 Å². The summed E-state index contributed by atoms with van der Waals surface area (Å²) in [4.78, 5) is 12.5. The van der Waals surface area contributed by atoms with Crippen molar-refractivity contribution in [3.63, 3.8) is 0 Å². The lowest BCUT2D eigenvalue weighted by Crippen LogP contribution is -2.41. The van der Waals surface area contributed by atoms with Gasteiger partial charge in [0.05, 0.1) is 22.1 Å². The van der Waals surface area contributed by atoms with Crippen LogP contribution in [-0.2, 0) is 14.8 Å². The van der Waals surface area contributed by atoms with E-state index in [-0.39, 0.29) is 39.9 Å². The molecule has 1 amide bonds. The van der Waals surface area contributed by atoms with Gasteiger partial charge in [-0.3, -0.25) is 4.79 Å². The Morgan fingerprint density at radius 2 is 1.83 bits per heavy atom. The van der Waals surface area contributed by atoms with E-state index in [0.29, 0.717) is 24.3 Å². The molecule has 6 nitrogen and oxygen atoms in total. The minimum Gasteiger partial charge on any atom is -0.495 e. The number of piperidine rings is 1. The molecule has 0 bridgehead atoms. The van der Waals surface area contributed by atoms with Gasteiger partial charge in [0.1, 0.15) is 11.6 Å². The van der Waals surface area contributed by atoms with Crippen LogP contribution in [0.1, 0.15) is 12.8 Å². The molecule has 3 rings (SSSR count). The van der Waals surface area contributed by atoms with Gasteiger partial charge in [0.15, 0.2) is 0 Å². The van der Waals surface area contributed by atoms with Gasteiger partial charge in [-0.05, 0) is 49.2 Å². The van der Waals surface area contributed by atoms with Gasteiger partial charge in [0.25, 0.3) is 0 Å². The highest BCUT2D eigenvalue weighted by atomic mass is 35.5. The molecule has 1 heterocycles. The van der Waals surface area contributed by atoms with Crippen molar-refractivity contribution >= 4 is 44.8 Å². The average Bonchev–Trinajstić information content (AvgIpc) is 2.70. The third-order valence-electron chi connectivity index (χ3n) is 4.77. The SMILES string of the molecule is COc1ccc(S(=O)(=O)N2CCC(C(=O)Nc3ccc(F)c(Cl)c3)CC2)cc1Cl. The summed E-state index contributed by atoms with van der Waals surface area (Å²) in [6.07, 6.45) is 0.730. The van der Waals surface area contributed by atoms with E-state index in [0.717, 1.165) is 0 Å². The van der Waals surface area contributed by atoms with Crippen molar-refractivity contribution in [1.29, 1.82) is 0 Å². The number of anilines is 1. The maximum Gasteiger partial charge on any atom is 0.243 e. The summed E-state index contributed by atoms with van der Waals surface area (Å²) in [5, 5.41) is 2.82. The monoisotopic (exact) mass is 460 g/mol. The second kappa shape index (κ2) is 8.87. The van der Waals surface area contributed by atoms with E-state index in [1.165, 1.54) is 47.8 Å². The van der Waals surface area contributed by atoms with Gasteiger partial charge in [-0.2, -0.15) is 4.31 Å². The Morgan fingerprint density at radius 1 is 1.14 bits per heavy atom. The molecule has 0 radical (unpaired) electrons. The first kappa shape index (κ1) is 21.8. The standard InChI is InChI=1S/C19H19Cl2FN2O4S/c1-28-18-5-3-14(11-16(18)21)29(26,27)24-8-6-12(7-9-24)19(25)23-13-2-4-17(22)15(20)10-13/h2-5,10-12H,6-9H2,1H3,(H,23,25). The lowest BCUT2D eigenvalue weighted by molar-refractivity contribution is -0.120. The second-order valence-corrected chi connectivity index (χ2v) is 9.35. The first-order valence-electron chi connectivity index (χ1n) is 8.82. The number of ether oxygens (including phenoxy) is 1. The molecule has 0 atom stereocenters. The fourth-order valence-electron chi connectivity index (χ4n) is 3.13. The molecule has 0 saturated carbocycles. The van der Waals surface area contributed by atoms with Gasteiger partial charge >= 0.3 is 0 Å². The molecule has 10 heteroatoms. The zero-order valence-electron chi connectivity index (χ0n) is 15.5. The predicted molar refractivity (Wildman–Crippen MR) is 110 cm³/mol. The number of halogens is 3. The molecule has 29 heavy (non-hydrogen) atoms. The Morgan fingerprint density at radius 3 is 2.41 bits per heavy atom. The fourth-order valence-corrected chi connectivity index (χ4v) is 5.13. The molecular weight excluding hydrogens is 442 g/mol. The minimum absolute atomic E-state index is 0.0761. The molecule has 1 N–H and O–H groups in total. The number of sulfonamides is 1. The average molecular weight is 461 g/mol. The molecule has 1 fully saturated rings. The second-order valence-electron chi connectivity index (χ2n) is 6.59. The third-order valence-corrected chi connectivity index (χ3v) is 7.25. The molecule has 156 valence electrons. The highest BCUT2D eigenvalue weighted by Gasteiger charge is 2.32. The van der Waals surface area contributed by atoms with Crippen molar-refractivity contribution in [3.05, 3.63) is 52.3 Å². The predicted octanol–water partition coefficient (Wildman–Crippen LogP) is 4.18. The van der Waals surface area contributed by atoms with Crippen LogP contribution in [0.2, 0.25) is 10.0 Å². The van der Waals surface area contributed by atoms with Crippen molar-refractivity contribution in [2.45, 2.75) is 17.7 Å². The Kier molecular flexibility index (Phi) is 6.68. The molecular formula is C19H19Cl2FN2O4S. The number of hydrogen-bond donors (Lipinski definition) is 1. The van der Waals surface area contributed by atoms with Crippen LogP contribution in [0, 0.1) is 11.7 Å².